The molecule has 0 aromatic heterocycles. The highest BCUT2D eigenvalue weighted by Crippen LogP contribution is 2.36. The van der Waals surface area contributed by atoms with Gasteiger partial charge in [-0.25, -0.2) is 9.59 Å². The molecule has 2 aliphatic heterocycles. The second-order valence-electron chi connectivity index (χ2n) is 11.4. The summed E-state index contributed by atoms with van der Waals surface area (Å²) in [4.78, 5) is 36.7. The summed E-state index contributed by atoms with van der Waals surface area (Å²) in [6.07, 6.45) is 3.42. The van der Waals surface area contributed by atoms with Crippen LogP contribution >= 0.6 is 145 Å². The predicted octanol–water partition coefficient (Wildman–Crippen LogP) is 8.26. The third-order valence-corrected chi connectivity index (χ3v) is 19.1. The van der Waals surface area contributed by atoms with Crippen LogP contribution in [0.2, 0.25) is 0 Å². The zero-order chi connectivity index (χ0) is 36.1. The predicted molar refractivity (Wildman–Crippen MR) is 258 cm³/mol. The Morgan fingerprint density at radius 2 is 0.540 bits per heavy atom. The van der Waals surface area contributed by atoms with E-state index in [2.05, 4.69) is 70.1 Å². The zero-order valence-corrected chi connectivity index (χ0v) is 39.7. The molecule has 2 fully saturated rings. The van der Waals surface area contributed by atoms with Crippen molar-refractivity contribution in [2.45, 2.75) is 38.0 Å². The number of hydrogen-bond acceptors (Lipinski definition) is 14. The smallest absolute Gasteiger partial charge is 0.300 e. The summed E-state index contributed by atoms with van der Waals surface area (Å²) in [5, 5.41) is 0. The highest BCUT2D eigenvalue weighted by molar-refractivity contribution is 8.04. The van der Waals surface area contributed by atoms with E-state index >= 15 is 0 Å². The maximum atomic E-state index is 14.2. The Labute approximate surface area is 361 Å². The van der Waals surface area contributed by atoms with Gasteiger partial charge in [0.15, 0.2) is 0 Å². The normalized spacial score (nSPS) is 17.6. The Kier molecular flexibility index (Phi) is 33.1. The number of carbonyl (C=O) groups excluding carboxylic acids is 2. The third-order valence-electron chi connectivity index (χ3n) is 7.71. The molecule has 2 heterocycles. The van der Waals surface area contributed by atoms with E-state index in [9.17, 15) is 9.59 Å². The van der Waals surface area contributed by atoms with Crippen molar-refractivity contribution in [1.82, 2.24) is 19.6 Å². The zero-order valence-electron chi connectivity index (χ0n) is 29.6. The molecular formula is C32H62N4O2S12. The van der Waals surface area contributed by atoms with E-state index in [1.807, 2.05) is 94.1 Å². The van der Waals surface area contributed by atoms with Gasteiger partial charge in [0.25, 0.3) is 0 Å². The van der Waals surface area contributed by atoms with Gasteiger partial charge in [-0.1, -0.05) is 0 Å². The summed E-state index contributed by atoms with van der Waals surface area (Å²) in [6, 6.07) is 0.245. The first kappa shape index (κ1) is 48.9. The minimum absolute atomic E-state index is 0.123. The van der Waals surface area contributed by atoms with Gasteiger partial charge in [0.05, 0.1) is 0 Å². The molecule has 0 bridgehead atoms. The lowest BCUT2D eigenvalue weighted by Gasteiger charge is -2.30. The number of amides is 4. The number of rotatable bonds is 36. The van der Waals surface area contributed by atoms with E-state index in [4.69, 9.17) is 0 Å². The number of thiol groups is 4. The van der Waals surface area contributed by atoms with Gasteiger partial charge in [-0.15, -0.1) is 0 Å². The van der Waals surface area contributed by atoms with E-state index in [-0.39, 0.29) is 24.4 Å². The first-order chi connectivity index (χ1) is 24.6. The molecule has 50 heavy (non-hydrogen) atoms. The second kappa shape index (κ2) is 33.8. The van der Waals surface area contributed by atoms with Crippen molar-refractivity contribution in [3.63, 3.8) is 0 Å². The van der Waals surface area contributed by atoms with Gasteiger partial charge in [0, 0.05) is 95.2 Å². The molecule has 2 saturated heterocycles. The van der Waals surface area contributed by atoms with Crippen molar-refractivity contribution < 1.29 is 9.59 Å². The van der Waals surface area contributed by atoms with Gasteiger partial charge in [-0.2, -0.15) is 145 Å². The minimum Gasteiger partial charge on any atom is -0.300 e. The van der Waals surface area contributed by atoms with E-state index < -0.39 is 0 Å². The number of fused-ring (bicyclic) bond motifs is 1. The van der Waals surface area contributed by atoms with Crippen LogP contribution in [0.1, 0.15) is 25.7 Å². The first-order valence-corrected chi connectivity index (χ1v) is 29.6. The van der Waals surface area contributed by atoms with Gasteiger partial charge in [-0.3, -0.25) is 19.6 Å². The molecule has 2 aliphatic rings. The molecule has 0 spiro atoms. The van der Waals surface area contributed by atoms with Crippen LogP contribution in [-0.4, -0.2) is 185 Å². The molecule has 0 aromatic rings. The molecule has 0 atom stereocenters. The highest BCUT2D eigenvalue weighted by atomic mass is 32.2. The Hall–Kier alpha value is 2.74. The third kappa shape index (κ3) is 20.2. The molecule has 0 N–H and O–H groups in total. The quantitative estimate of drug-likeness (QED) is 0.0366. The average molecular weight is 920 g/mol. The molecule has 0 aliphatic carbocycles. The number of thioether (sulfide) groups is 8. The molecule has 18 heteroatoms. The SMILES string of the molecule is O=C1N(CCCSCCSCCS)C2C(N1CCCSCCSCCS)N(CCCSCCSCCS)C(=O)N2CCCSCCSCCS. The van der Waals surface area contributed by atoms with Crippen LogP contribution in [0.15, 0.2) is 0 Å². The lowest BCUT2D eigenvalue weighted by Crippen LogP contribution is -2.47. The number of carbonyl (C=O) groups is 2. The Balaban J connectivity index is 2.07. The minimum atomic E-state index is -0.197. The summed E-state index contributed by atoms with van der Waals surface area (Å²) >= 11 is 33.0. The summed E-state index contributed by atoms with van der Waals surface area (Å²) in [5.41, 5.74) is 0. The standard InChI is InChI=1S/C32H62N4O2S12/c37-31-33(5-1-13-43-21-25-47-17-9-39)29-30(35(31)7-3-15-45-23-27-49-19-11-41)36(8-4-16-46-24-28-50-20-12-42)32(38)34(29)6-2-14-44-22-26-48-18-10-40/h29-30,39-42H,1-28H2. The largest absolute Gasteiger partial charge is 0.323 e. The van der Waals surface area contributed by atoms with E-state index in [1.165, 1.54) is 0 Å². The number of hydrogen-bond donors (Lipinski definition) is 4. The van der Waals surface area contributed by atoms with Crippen molar-refractivity contribution in [2.24, 2.45) is 0 Å². The Bertz CT molecular complexity index is 733. The summed E-state index contributed by atoms with van der Waals surface area (Å²) in [5.74, 6) is 21.3. The maximum absolute atomic E-state index is 14.2. The number of urea groups is 2. The summed E-state index contributed by atoms with van der Waals surface area (Å²) in [6.45, 7) is 2.83. The van der Waals surface area contributed by atoms with E-state index in [0.29, 0.717) is 26.2 Å². The van der Waals surface area contributed by atoms with Crippen LogP contribution in [0, 0.1) is 0 Å². The molecule has 294 valence electrons. The van der Waals surface area contributed by atoms with Gasteiger partial charge < -0.3 is 0 Å². The highest BCUT2D eigenvalue weighted by Gasteiger charge is 2.58. The van der Waals surface area contributed by atoms with Crippen molar-refractivity contribution in [2.75, 3.05) is 141 Å². The van der Waals surface area contributed by atoms with Crippen LogP contribution in [0.25, 0.3) is 0 Å². The fourth-order valence-corrected chi connectivity index (χ4v) is 14.4. The molecule has 0 saturated carbocycles. The monoisotopic (exact) mass is 918 g/mol. The van der Waals surface area contributed by atoms with Crippen LogP contribution < -0.4 is 0 Å². The second-order valence-corrected chi connectivity index (χ2v) is 23.0. The Morgan fingerprint density at radius 3 is 0.740 bits per heavy atom. The van der Waals surface area contributed by atoms with Crippen molar-refractivity contribution in [3.05, 3.63) is 0 Å². The fourth-order valence-electron chi connectivity index (χ4n) is 5.57. The Morgan fingerprint density at radius 1 is 0.340 bits per heavy atom. The van der Waals surface area contributed by atoms with Crippen LogP contribution in [0.5, 0.6) is 0 Å². The number of nitrogens with zero attached hydrogens (tertiary/aromatic N) is 4. The van der Waals surface area contributed by atoms with Crippen LogP contribution in [-0.2, 0) is 0 Å². The van der Waals surface area contributed by atoms with Crippen molar-refractivity contribution >= 4 is 157 Å². The van der Waals surface area contributed by atoms with Crippen LogP contribution in [0.3, 0.4) is 0 Å². The molecule has 4 amide bonds. The van der Waals surface area contributed by atoms with Gasteiger partial charge in [0.2, 0.25) is 0 Å². The molecule has 0 unspecified atom stereocenters. The molecule has 2 rings (SSSR count). The van der Waals surface area contributed by atoms with Gasteiger partial charge in [-0.05, 0) is 71.7 Å². The lowest BCUT2D eigenvalue weighted by atomic mass is 10.3. The van der Waals surface area contributed by atoms with E-state index in [0.717, 1.165) is 141 Å². The molecule has 0 radical (unpaired) electrons. The maximum Gasteiger partial charge on any atom is 0.323 e. The summed E-state index contributed by atoms with van der Waals surface area (Å²) < 4.78 is 0. The molecule has 0 aromatic carbocycles. The topological polar surface area (TPSA) is 47.1 Å². The molecule has 6 nitrogen and oxygen atoms in total. The van der Waals surface area contributed by atoms with Crippen LogP contribution in [0.4, 0.5) is 9.59 Å². The fraction of sp³-hybridized carbons (Fsp3) is 0.938. The molecular weight excluding hydrogens is 857 g/mol. The van der Waals surface area contributed by atoms with Gasteiger partial charge in [0.1, 0.15) is 12.3 Å². The van der Waals surface area contributed by atoms with E-state index in [1.54, 1.807) is 0 Å². The van der Waals surface area contributed by atoms with Crippen molar-refractivity contribution in [3.8, 4) is 0 Å². The first-order valence-electron chi connectivity index (χ1n) is 17.8. The van der Waals surface area contributed by atoms with Gasteiger partial charge >= 0.3 is 12.1 Å². The summed E-state index contributed by atoms with van der Waals surface area (Å²) in [7, 11) is 0. The average Bonchev–Trinajstić information content (AvgIpc) is 3.54. The lowest BCUT2D eigenvalue weighted by molar-refractivity contribution is 0.125. The van der Waals surface area contributed by atoms with Crippen molar-refractivity contribution in [1.29, 1.82) is 0 Å².